The van der Waals surface area contributed by atoms with Crippen molar-refractivity contribution in [2.24, 2.45) is 5.92 Å². The summed E-state index contributed by atoms with van der Waals surface area (Å²) in [6.45, 7) is 7.86. The second kappa shape index (κ2) is 11.8. The van der Waals surface area contributed by atoms with Gasteiger partial charge in [-0.05, 0) is 44.2 Å². The van der Waals surface area contributed by atoms with Gasteiger partial charge in [0.05, 0.1) is 0 Å². The molecule has 3 amide bonds. The molecule has 8 nitrogen and oxygen atoms in total. The van der Waals surface area contributed by atoms with Crippen LogP contribution >= 0.6 is 0 Å². The van der Waals surface area contributed by atoms with Crippen LogP contribution in [0.1, 0.15) is 45.2 Å². The Bertz CT molecular complexity index is 1070. The summed E-state index contributed by atoms with van der Waals surface area (Å²) in [5.41, 5.74) is 1.11. The molecule has 0 radical (unpaired) electrons. The number of hydrogen-bond donors (Lipinski definition) is 2. The Labute approximate surface area is 212 Å². The van der Waals surface area contributed by atoms with Gasteiger partial charge in [-0.3, -0.25) is 14.4 Å². The number of benzene rings is 2. The van der Waals surface area contributed by atoms with E-state index < -0.39 is 35.4 Å². The van der Waals surface area contributed by atoms with Crippen molar-refractivity contribution in [3.05, 3.63) is 71.8 Å². The van der Waals surface area contributed by atoms with Gasteiger partial charge < -0.3 is 20.3 Å². The van der Waals surface area contributed by atoms with E-state index in [1.165, 1.54) is 4.90 Å². The van der Waals surface area contributed by atoms with Gasteiger partial charge in [0.1, 0.15) is 18.7 Å². The van der Waals surface area contributed by atoms with Gasteiger partial charge in [0.2, 0.25) is 11.7 Å². The Kier molecular flexibility index (Phi) is 8.85. The highest BCUT2D eigenvalue weighted by Crippen LogP contribution is 2.24. The number of amides is 3. The average Bonchev–Trinajstić information content (AvgIpc) is 3.23. The summed E-state index contributed by atoms with van der Waals surface area (Å²) >= 11 is 0. The van der Waals surface area contributed by atoms with E-state index in [4.69, 9.17) is 4.74 Å². The van der Waals surface area contributed by atoms with E-state index in [0.717, 1.165) is 11.1 Å². The highest BCUT2D eigenvalue weighted by molar-refractivity contribution is 6.38. The maximum atomic E-state index is 13.4. The summed E-state index contributed by atoms with van der Waals surface area (Å²) in [6, 6.07) is 16.4. The minimum absolute atomic E-state index is 0.0333. The van der Waals surface area contributed by atoms with Gasteiger partial charge in [-0.25, -0.2) is 4.79 Å². The Hall–Kier alpha value is -3.68. The second-order valence-electron chi connectivity index (χ2n) is 10.4. The van der Waals surface area contributed by atoms with Crippen molar-refractivity contribution < 1.29 is 23.9 Å². The molecule has 1 aliphatic heterocycles. The number of carbonyl (C=O) groups is 4. The number of nitrogens with one attached hydrogen (secondary N) is 2. The smallest absolute Gasteiger partial charge is 0.408 e. The lowest BCUT2D eigenvalue weighted by Crippen LogP contribution is -2.55. The molecule has 1 fully saturated rings. The predicted molar refractivity (Wildman–Crippen MR) is 136 cm³/mol. The normalized spacial score (nSPS) is 18.3. The van der Waals surface area contributed by atoms with Gasteiger partial charge in [0.15, 0.2) is 0 Å². The monoisotopic (exact) mass is 493 g/mol. The number of nitrogens with zero attached hydrogens (tertiary/aromatic N) is 1. The molecular formula is C28H35N3O5. The van der Waals surface area contributed by atoms with E-state index in [9.17, 15) is 19.2 Å². The first kappa shape index (κ1) is 26.9. The topological polar surface area (TPSA) is 105 Å². The summed E-state index contributed by atoms with van der Waals surface area (Å²) in [5, 5.41) is 5.48. The van der Waals surface area contributed by atoms with E-state index >= 15 is 0 Å². The number of ether oxygens (including phenoxy) is 1. The van der Waals surface area contributed by atoms with Crippen LogP contribution in [0.2, 0.25) is 0 Å². The molecule has 192 valence electrons. The van der Waals surface area contributed by atoms with Crippen molar-refractivity contribution in [2.45, 2.75) is 64.8 Å². The van der Waals surface area contributed by atoms with Crippen LogP contribution < -0.4 is 10.6 Å². The van der Waals surface area contributed by atoms with Gasteiger partial charge in [-0.1, -0.05) is 67.6 Å². The maximum Gasteiger partial charge on any atom is 0.408 e. The highest BCUT2D eigenvalue weighted by atomic mass is 16.5. The van der Waals surface area contributed by atoms with Crippen LogP contribution in [-0.4, -0.2) is 52.8 Å². The third-order valence-electron chi connectivity index (χ3n) is 5.89. The minimum atomic E-state index is -1.13. The van der Waals surface area contributed by atoms with Crippen molar-refractivity contribution >= 4 is 23.7 Å². The first-order valence-corrected chi connectivity index (χ1v) is 12.2. The summed E-state index contributed by atoms with van der Waals surface area (Å²) in [7, 11) is 0. The molecule has 2 aromatic rings. The maximum absolute atomic E-state index is 13.4. The average molecular weight is 494 g/mol. The molecule has 2 aromatic carbocycles. The molecular weight excluding hydrogens is 458 g/mol. The van der Waals surface area contributed by atoms with Crippen LogP contribution in [0.15, 0.2) is 60.7 Å². The summed E-state index contributed by atoms with van der Waals surface area (Å²) in [5.74, 6) is -1.78. The molecule has 3 rings (SSSR count). The van der Waals surface area contributed by atoms with Crippen LogP contribution in [-0.2, 0) is 32.1 Å². The third-order valence-corrected chi connectivity index (χ3v) is 5.89. The first-order chi connectivity index (χ1) is 17.0. The molecule has 8 heteroatoms. The van der Waals surface area contributed by atoms with E-state index in [-0.39, 0.29) is 24.9 Å². The molecule has 1 unspecified atom stereocenters. The lowest BCUT2D eigenvalue weighted by Gasteiger charge is -2.29. The van der Waals surface area contributed by atoms with Crippen LogP contribution in [0, 0.1) is 5.92 Å². The molecule has 0 bridgehead atoms. The quantitative estimate of drug-likeness (QED) is 0.550. The van der Waals surface area contributed by atoms with Crippen molar-refractivity contribution in [3.8, 4) is 0 Å². The van der Waals surface area contributed by atoms with Gasteiger partial charge in [0.25, 0.3) is 5.91 Å². The van der Waals surface area contributed by atoms with Crippen molar-refractivity contribution in [1.82, 2.24) is 15.5 Å². The number of ketones is 1. The molecule has 0 saturated carbocycles. The van der Waals surface area contributed by atoms with Crippen molar-refractivity contribution in [3.63, 3.8) is 0 Å². The third kappa shape index (κ3) is 7.66. The Morgan fingerprint density at radius 1 is 0.972 bits per heavy atom. The van der Waals surface area contributed by atoms with E-state index in [2.05, 4.69) is 10.6 Å². The SMILES string of the molecule is C[C@@H]1C[C@H](C(=O)NC(C)(C)C)N(C(=O)C(=O)C(Cc2ccccc2)NC(=O)OCc2ccccc2)C1. The zero-order chi connectivity index (χ0) is 26.3. The van der Waals surface area contributed by atoms with Gasteiger partial charge >= 0.3 is 6.09 Å². The number of likely N-dealkylation sites (tertiary alicyclic amines) is 1. The van der Waals surface area contributed by atoms with Crippen molar-refractivity contribution in [2.75, 3.05) is 6.54 Å². The number of hydrogen-bond acceptors (Lipinski definition) is 5. The fraction of sp³-hybridized carbons (Fsp3) is 0.429. The number of carbonyl (C=O) groups excluding carboxylic acids is 4. The Balaban J connectivity index is 1.74. The standard InChI is InChI=1S/C28H35N3O5/c1-19-15-23(25(33)30-28(2,3)4)31(17-19)26(34)24(32)22(16-20-11-7-5-8-12-20)29-27(35)36-18-21-13-9-6-10-14-21/h5-14,19,22-23H,15-18H2,1-4H3,(H,29,35)(H,30,33)/t19-,22?,23-/m1/s1. The molecule has 0 spiro atoms. The van der Waals surface area contributed by atoms with Gasteiger partial charge in [-0.15, -0.1) is 0 Å². The zero-order valence-corrected chi connectivity index (χ0v) is 21.3. The molecule has 1 saturated heterocycles. The molecule has 36 heavy (non-hydrogen) atoms. The van der Waals surface area contributed by atoms with Gasteiger partial charge in [-0.2, -0.15) is 0 Å². The summed E-state index contributed by atoms with van der Waals surface area (Å²) in [4.78, 5) is 53.6. The van der Waals surface area contributed by atoms with Crippen LogP contribution in [0.25, 0.3) is 0 Å². The Morgan fingerprint density at radius 3 is 2.14 bits per heavy atom. The fourth-order valence-electron chi connectivity index (χ4n) is 4.23. The lowest BCUT2D eigenvalue weighted by atomic mass is 10.0. The molecule has 1 heterocycles. The number of Topliss-reactive ketones (excluding diaryl/α,β-unsaturated/α-hetero) is 1. The van der Waals surface area contributed by atoms with Crippen LogP contribution in [0.3, 0.4) is 0 Å². The zero-order valence-electron chi connectivity index (χ0n) is 21.3. The minimum Gasteiger partial charge on any atom is -0.445 e. The van der Waals surface area contributed by atoms with E-state index in [1.54, 1.807) is 0 Å². The largest absolute Gasteiger partial charge is 0.445 e. The highest BCUT2D eigenvalue weighted by Gasteiger charge is 2.42. The fourth-order valence-corrected chi connectivity index (χ4v) is 4.23. The molecule has 1 aliphatic rings. The van der Waals surface area contributed by atoms with Gasteiger partial charge in [0, 0.05) is 18.5 Å². The number of rotatable bonds is 8. The lowest BCUT2D eigenvalue weighted by molar-refractivity contribution is -0.148. The number of alkyl carbamates (subject to hydrolysis) is 1. The molecule has 0 aromatic heterocycles. The molecule has 0 aliphatic carbocycles. The van der Waals surface area contributed by atoms with E-state index in [0.29, 0.717) is 13.0 Å². The second-order valence-corrected chi connectivity index (χ2v) is 10.4. The van der Waals surface area contributed by atoms with Crippen LogP contribution in [0.4, 0.5) is 4.79 Å². The predicted octanol–water partition coefficient (Wildman–Crippen LogP) is 3.24. The van der Waals surface area contributed by atoms with Crippen LogP contribution in [0.5, 0.6) is 0 Å². The molecule has 2 N–H and O–H groups in total. The Morgan fingerprint density at radius 2 is 1.56 bits per heavy atom. The first-order valence-electron chi connectivity index (χ1n) is 12.2. The van der Waals surface area contributed by atoms with Crippen molar-refractivity contribution in [1.29, 1.82) is 0 Å². The summed E-state index contributed by atoms with van der Waals surface area (Å²) < 4.78 is 5.29. The summed E-state index contributed by atoms with van der Waals surface area (Å²) in [6.07, 6.45) is -0.206. The van der Waals surface area contributed by atoms with E-state index in [1.807, 2.05) is 88.4 Å². The molecule has 3 atom stereocenters.